The number of carbonyl (C=O) groups excluding carboxylic acids is 2. The van der Waals surface area contributed by atoms with E-state index in [0.29, 0.717) is 38.2 Å². The first kappa shape index (κ1) is 23.1. The number of methoxy groups -OCH3 is 1. The standard InChI is InChI=1S/C19H19Br2N3O4S/c1-3-8-28-16-7-5-11(9-14(16)21)17(25)22-19(29)24-23-18(26)12-4-6-15(27-2)13(20)10-12/h4-7,9-10H,3,8H2,1-2H3,(H,23,26)(H2,22,24,25,29). The zero-order valence-electron chi connectivity index (χ0n) is 15.7. The van der Waals surface area contributed by atoms with Gasteiger partial charge in [-0.2, -0.15) is 0 Å². The van der Waals surface area contributed by atoms with Gasteiger partial charge in [-0.05, 0) is 86.9 Å². The van der Waals surface area contributed by atoms with E-state index >= 15 is 0 Å². The third-order valence-corrected chi connectivity index (χ3v) is 5.03. The maximum Gasteiger partial charge on any atom is 0.269 e. The van der Waals surface area contributed by atoms with Crippen LogP contribution >= 0.6 is 44.1 Å². The Labute approximate surface area is 190 Å². The Morgan fingerprint density at radius 1 is 0.966 bits per heavy atom. The van der Waals surface area contributed by atoms with E-state index in [1.807, 2.05) is 6.92 Å². The summed E-state index contributed by atoms with van der Waals surface area (Å²) in [6, 6.07) is 9.83. The molecule has 7 nitrogen and oxygen atoms in total. The van der Waals surface area contributed by atoms with Crippen molar-refractivity contribution in [2.75, 3.05) is 13.7 Å². The normalized spacial score (nSPS) is 10.1. The van der Waals surface area contributed by atoms with Crippen molar-refractivity contribution in [2.45, 2.75) is 13.3 Å². The van der Waals surface area contributed by atoms with Crippen molar-refractivity contribution < 1.29 is 19.1 Å². The summed E-state index contributed by atoms with van der Waals surface area (Å²) in [6.45, 7) is 2.60. The first-order valence-corrected chi connectivity index (χ1v) is 10.5. The summed E-state index contributed by atoms with van der Waals surface area (Å²) in [4.78, 5) is 24.5. The molecule has 2 amide bonds. The topological polar surface area (TPSA) is 88.7 Å². The molecule has 0 heterocycles. The summed E-state index contributed by atoms with van der Waals surface area (Å²) in [7, 11) is 1.53. The van der Waals surface area contributed by atoms with Crippen molar-refractivity contribution in [1.29, 1.82) is 0 Å². The molecular weight excluding hydrogens is 526 g/mol. The molecule has 3 N–H and O–H groups in total. The molecular formula is C19H19Br2N3O4S. The lowest BCUT2D eigenvalue weighted by Crippen LogP contribution is -2.48. The molecule has 0 fully saturated rings. The van der Waals surface area contributed by atoms with Gasteiger partial charge in [0.15, 0.2) is 5.11 Å². The number of ether oxygens (including phenoxy) is 2. The van der Waals surface area contributed by atoms with Gasteiger partial charge in [-0.1, -0.05) is 6.92 Å². The molecule has 0 bridgehead atoms. The highest BCUT2D eigenvalue weighted by Crippen LogP contribution is 2.26. The van der Waals surface area contributed by atoms with Crippen molar-refractivity contribution in [3.63, 3.8) is 0 Å². The Kier molecular flexibility index (Phi) is 8.87. The molecule has 0 aliphatic heterocycles. The van der Waals surface area contributed by atoms with Crippen LogP contribution in [0.1, 0.15) is 34.1 Å². The van der Waals surface area contributed by atoms with Crippen LogP contribution in [0.4, 0.5) is 0 Å². The number of halogens is 2. The molecule has 0 saturated carbocycles. The molecule has 10 heteroatoms. The minimum atomic E-state index is -0.426. The maximum atomic E-state index is 12.3. The SMILES string of the molecule is CCCOc1ccc(C(=O)NC(=S)NNC(=O)c2ccc(OC)c(Br)c2)cc1Br. The Bertz CT molecular complexity index is 924. The molecule has 2 aromatic rings. The van der Waals surface area contributed by atoms with Crippen LogP contribution in [0.15, 0.2) is 45.3 Å². The average molecular weight is 545 g/mol. The summed E-state index contributed by atoms with van der Waals surface area (Å²) in [5.74, 6) is 0.411. The van der Waals surface area contributed by atoms with Crippen LogP contribution in [0.5, 0.6) is 11.5 Å². The summed E-state index contributed by atoms with van der Waals surface area (Å²) in [6.07, 6.45) is 0.883. The zero-order valence-corrected chi connectivity index (χ0v) is 19.7. The summed E-state index contributed by atoms with van der Waals surface area (Å²) in [5, 5.41) is 2.46. The number of amides is 2. The number of benzene rings is 2. The Morgan fingerprint density at radius 2 is 1.55 bits per heavy atom. The number of nitrogens with one attached hydrogen (secondary N) is 3. The number of hydrogen-bond donors (Lipinski definition) is 3. The Hall–Kier alpha value is -2.17. The first-order valence-electron chi connectivity index (χ1n) is 8.53. The minimum Gasteiger partial charge on any atom is -0.496 e. The second-order valence-electron chi connectivity index (χ2n) is 5.71. The molecule has 154 valence electrons. The van der Waals surface area contributed by atoms with Crippen LogP contribution in [-0.2, 0) is 0 Å². The molecule has 0 atom stereocenters. The lowest BCUT2D eigenvalue weighted by Gasteiger charge is -2.12. The van der Waals surface area contributed by atoms with Gasteiger partial charge in [0.1, 0.15) is 11.5 Å². The molecule has 0 aromatic heterocycles. The lowest BCUT2D eigenvalue weighted by atomic mass is 10.2. The Balaban J connectivity index is 1.90. The quantitative estimate of drug-likeness (QED) is 0.377. The van der Waals surface area contributed by atoms with Crippen molar-refractivity contribution in [3.05, 3.63) is 56.5 Å². The number of rotatable bonds is 6. The lowest BCUT2D eigenvalue weighted by molar-refractivity contribution is 0.0934. The van der Waals surface area contributed by atoms with Crippen LogP contribution in [0.25, 0.3) is 0 Å². The highest BCUT2D eigenvalue weighted by molar-refractivity contribution is 9.10. The van der Waals surface area contributed by atoms with Gasteiger partial charge in [0.05, 0.1) is 22.7 Å². The zero-order chi connectivity index (χ0) is 21.4. The van der Waals surface area contributed by atoms with Crippen molar-refractivity contribution in [1.82, 2.24) is 16.2 Å². The maximum absolute atomic E-state index is 12.3. The van der Waals surface area contributed by atoms with Crippen LogP contribution < -0.4 is 25.6 Å². The Morgan fingerprint density at radius 3 is 2.10 bits per heavy atom. The highest BCUT2D eigenvalue weighted by Gasteiger charge is 2.13. The smallest absolute Gasteiger partial charge is 0.269 e. The van der Waals surface area contributed by atoms with Crippen molar-refractivity contribution in [3.8, 4) is 11.5 Å². The largest absolute Gasteiger partial charge is 0.496 e. The van der Waals surface area contributed by atoms with E-state index < -0.39 is 11.8 Å². The van der Waals surface area contributed by atoms with Gasteiger partial charge in [0.25, 0.3) is 11.8 Å². The number of thiocarbonyl (C=S) groups is 1. The third kappa shape index (κ3) is 6.69. The summed E-state index contributed by atoms with van der Waals surface area (Å²) in [5.41, 5.74) is 5.69. The molecule has 2 rings (SSSR count). The van der Waals surface area contributed by atoms with Gasteiger partial charge in [-0.15, -0.1) is 0 Å². The number of carbonyl (C=O) groups is 2. The van der Waals surface area contributed by atoms with Gasteiger partial charge < -0.3 is 9.47 Å². The number of hydrogen-bond acceptors (Lipinski definition) is 5. The van der Waals surface area contributed by atoms with E-state index in [-0.39, 0.29) is 5.11 Å². The average Bonchev–Trinajstić information content (AvgIpc) is 2.70. The third-order valence-electron chi connectivity index (χ3n) is 3.59. The van der Waals surface area contributed by atoms with Gasteiger partial charge in [0.2, 0.25) is 0 Å². The fraction of sp³-hybridized carbons (Fsp3) is 0.211. The second-order valence-corrected chi connectivity index (χ2v) is 7.82. The van der Waals surface area contributed by atoms with E-state index in [9.17, 15) is 9.59 Å². The van der Waals surface area contributed by atoms with Gasteiger partial charge in [-0.25, -0.2) is 0 Å². The monoisotopic (exact) mass is 543 g/mol. The van der Waals surface area contributed by atoms with Gasteiger partial charge in [0, 0.05) is 11.1 Å². The predicted molar refractivity (Wildman–Crippen MR) is 121 cm³/mol. The predicted octanol–water partition coefficient (Wildman–Crippen LogP) is 3.96. The van der Waals surface area contributed by atoms with Crippen LogP contribution in [0, 0.1) is 0 Å². The fourth-order valence-electron chi connectivity index (χ4n) is 2.17. The summed E-state index contributed by atoms with van der Waals surface area (Å²) < 4.78 is 12.0. The van der Waals surface area contributed by atoms with E-state index in [2.05, 4.69) is 48.0 Å². The molecule has 29 heavy (non-hydrogen) atoms. The molecule has 0 aliphatic carbocycles. The molecule has 0 spiro atoms. The van der Waals surface area contributed by atoms with E-state index in [1.54, 1.807) is 36.4 Å². The molecule has 0 aliphatic rings. The molecule has 0 unspecified atom stereocenters. The molecule has 0 radical (unpaired) electrons. The van der Waals surface area contributed by atoms with E-state index in [1.165, 1.54) is 7.11 Å². The fourth-order valence-corrected chi connectivity index (χ4v) is 3.35. The second kappa shape index (κ2) is 11.1. The minimum absolute atomic E-state index is 0.0432. The number of hydrazine groups is 1. The van der Waals surface area contributed by atoms with Crippen LogP contribution in [0.3, 0.4) is 0 Å². The van der Waals surface area contributed by atoms with Crippen molar-refractivity contribution >= 4 is 61.0 Å². The van der Waals surface area contributed by atoms with E-state index in [4.69, 9.17) is 21.7 Å². The first-order chi connectivity index (χ1) is 13.8. The van der Waals surface area contributed by atoms with E-state index in [0.717, 1.165) is 6.42 Å². The summed E-state index contributed by atoms with van der Waals surface area (Å²) >= 11 is 11.8. The van der Waals surface area contributed by atoms with Crippen LogP contribution in [-0.4, -0.2) is 30.6 Å². The van der Waals surface area contributed by atoms with Gasteiger partial charge in [-0.3, -0.25) is 25.8 Å². The molecule has 0 saturated heterocycles. The van der Waals surface area contributed by atoms with Crippen molar-refractivity contribution in [2.24, 2.45) is 0 Å². The van der Waals surface area contributed by atoms with Gasteiger partial charge >= 0.3 is 0 Å². The highest BCUT2D eigenvalue weighted by atomic mass is 79.9. The van der Waals surface area contributed by atoms with Crippen LogP contribution in [0.2, 0.25) is 0 Å². The molecule has 2 aromatic carbocycles.